The summed E-state index contributed by atoms with van der Waals surface area (Å²) in [5.41, 5.74) is 3.38. The van der Waals surface area contributed by atoms with Crippen molar-refractivity contribution in [1.82, 2.24) is 4.90 Å². The fourth-order valence-corrected chi connectivity index (χ4v) is 2.58. The monoisotopic (exact) mass is 285 g/mol. The summed E-state index contributed by atoms with van der Waals surface area (Å²) < 4.78 is 6.04. The van der Waals surface area contributed by atoms with Gasteiger partial charge in [0.15, 0.2) is 0 Å². The molecule has 1 aliphatic heterocycles. The summed E-state index contributed by atoms with van der Waals surface area (Å²) in [7, 11) is 4.13. The highest BCUT2D eigenvalue weighted by Crippen LogP contribution is 2.38. The molecule has 0 amide bonds. The molecule has 2 nitrogen and oxygen atoms in total. The van der Waals surface area contributed by atoms with Crippen LogP contribution in [0.4, 0.5) is 0 Å². The van der Waals surface area contributed by atoms with E-state index in [2.05, 4.69) is 31.1 Å². The maximum Gasteiger partial charge on any atom is 0.135 e. The Morgan fingerprint density at radius 3 is 2.65 bits per heavy atom. The third kappa shape index (κ3) is 2.58. The zero-order valence-electron chi connectivity index (χ0n) is 11.6. The van der Waals surface area contributed by atoms with E-state index in [-0.39, 0.29) is 0 Å². The van der Waals surface area contributed by atoms with Gasteiger partial charge in [0.2, 0.25) is 0 Å². The largest absolute Gasteiger partial charge is 0.456 e. The molecule has 0 aromatic heterocycles. The first-order chi connectivity index (χ1) is 9.63. The minimum absolute atomic E-state index is 0.721. The van der Waals surface area contributed by atoms with Crippen LogP contribution in [-0.4, -0.2) is 25.5 Å². The lowest BCUT2D eigenvalue weighted by Gasteiger charge is -2.14. The summed E-state index contributed by atoms with van der Waals surface area (Å²) in [6.07, 6.45) is 2.16. The first-order valence-corrected chi connectivity index (χ1v) is 6.93. The lowest BCUT2D eigenvalue weighted by atomic mass is 10.0. The first-order valence-electron chi connectivity index (χ1n) is 6.55. The molecule has 0 fully saturated rings. The van der Waals surface area contributed by atoms with Crippen LogP contribution in [0.15, 0.2) is 42.5 Å². The summed E-state index contributed by atoms with van der Waals surface area (Å²) in [6.45, 7) is 0.853. The Kier molecular flexibility index (Phi) is 3.51. The Bertz CT molecular complexity index is 676. The Balaban J connectivity index is 2.18. The topological polar surface area (TPSA) is 12.5 Å². The molecule has 2 aromatic rings. The molecule has 0 aliphatic carbocycles. The average molecular weight is 286 g/mol. The molecule has 102 valence electrons. The number of hydrogen-bond acceptors (Lipinski definition) is 2. The normalized spacial score (nSPS) is 13.1. The number of nitrogens with zero attached hydrogens (tertiary/aromatic N) is 1. The predicted octanol–water partition coefficient (Wildman–Crippen LogP) is 4.55. The second-order valence-electron chi connectivity index (χ2n) is 5.19. The molecule has 20 heavy (non-hydrogen) atoms. The molecule has 0 N–H and O–H groups in total. The molecule has 3 rings (SSSR count). The van der Waals surface area contributed by atoms with Gasteiger partial charge in [0.1, 0.15) is 11.5 Å². The third-order valence-electron chi connectivity index (χ3n) is 3.24. The molecule has 2 aromatic carbocycles. The van der Waals surface area contributed by atoms with E-state index in [1.165, 1.54) is 5.57 Å². The van der Waals surface area contributed by atoms with Crippen molar-refractivity contribution in [3.8, 4) is 11.5 Å². The summed E-state index contributed by atoms with van der Waals surface area (Å²) in [5.74, 6) is 1.73. The second-order valence-corrected chi connectivity index (χ2v) is 5.62. The fourth-order valence-electron chi connectivity index (χ4n) is 2.40. The van der Waals surface area contributed by atoms with Gasteiger partial charge in [0.05, 0.1) is 0 Å². The van der Waals surface area contributed by atoms with Crippen LogP contribution < -0.4 is 4.74 Å². The molecule has 0 unspecified atom stereocenters. The van der Waals surface area contributed by atoms with Gasteiger partial charge in [-0.3, -0.25) is 0 Å². The van der Waals surface area contributed by atoms with Crippen molar-refractivity contribution >= 4 is 23.3 Å². The van der Waals surface area contributed by atoms with Crippen LogP contribution in [0.3, 0.4) is 0 Å². The van der Waals surface area contributed by atoms with Crippen LogP contribution in [0.5, 0.6) is 11.5 Å². The van der Waals surface area contributed by atoms with E-state index in [1.54, 1.807) is 0 Å². The van der Waals surface area contributed by atoms with Crippen molar-refractivity contribution < 1.29 is 4.74 Å². The lowest BCUT2D eigenvalue weighted by Crippen LogP contribution is -2.14. The van der Waals surface area contributed by atoms with Crippen LogP contribution in [0.1, 0.15) is 11.1 Å². The third-order valence-corrected chi connectivity index (χ3v) is 3.48. The number of hydrogen-bond donors (Lipinski definition) is 0. The van der Waals surface area contributed by atoms with E-state index in [0.717, 1.165) is 34.2 Å². The van der Waals surface area contributed by atoms with Gasteiger partial charge in [0.25, 0.3) is 0 Å². The highest BCUT2D eigenvalue weighted by atomic mass is 35.5. The van der Waals surface area contributed by atoms with Crippen LogP contribution in [0.25, 0.3) is 11.6 Å². The SMILES string of the molecule is CN(C)CC1=Cc2cc(Cl)ccc2Oc2ccccc21. The van der Waals surface area contributed by atoms with Crippen molar-refractivity contribution in [2.75, 3.05) is 20.6 Å². The predicted molar refractivity (Wildman–Crippen MR) is 84.4 cm³/mol. The molecular formula is C17H16ClNO. The van der Waals surface area contributed by atoms with Crippen LogP contribution >= 0.6 is 11.6 Å². The van der Waals surface area contributed by atoms with Crippen molar-refractivity contribution in [2.24, 2.45) is 0 Å². The Hall–Kier alpha value is -1.77. The quantitative estimate of drug-likeness (QED) is 0.803. The van der Waals surface area contributed by atoms with Crippen molar-refractivity contribution in [2.45, 2.75) is 0 Å². The molecule has 0 spiro atoms. The lowest BCUT2D eigenvalue weighted by molar-refractivity contribution is 0.460. The van der Waals surface area contributed by atoms with Gasteiger partial charge in [-0.1, -0.05) is 29.8 Å². The second kappa shape index (κ2) is 5.31. The van der Waals surface area contributed by atoms with Gasteiger partial charge in [0, 0.05) is 22.7 Å². The van der Waals surface area contributed by atoms with Crippen LogP contribution in [-0.2, 0) is 0 Å². The molecule has 0 radical (unpaired) electrons. The number of ether oxygens (including phenoxy) is 1. The van der Waals surface area contributed by atoms with E-state index in [1.807, 2.05) is 36.4 Å². The minimum Gasteiger partial charge on any atom is -0.456 e. The van der Waals surface area contributed by atoms with Crippen molar-refractivity contribution in [1.29, 1.82) is 0 Å². The number of para-hydroxylation sites is 1. The molecule has 0 atom stereocenters. The van der Waals surface area contributed by atoms with Crippen LogP contribution in [0, 0.1) is 0 Å². The molecule has 0 bridgehead atoms. The van der Waals surface area contributed by atoms with E-state index >= 15 is 0 Å². The maximum atomic E-state index is 6.10. The number of benzene rings is 2. The highest BCUT2D eigenvalue weighted by Gasteiger charge is 2.16. The molecule has 0 saturated heterocycles. The molecular weight excluding hydrogens is 270 g/mol. The maximum absolute atomic E-state index is 6.10. The van der Waals surface area contributed by atoms with E-state index < -0.39 is 0 Å². The van der Waals surface area contributed by atoms with Crippen molar-refractivity contribution in [3.05, 3.63) is 58.6 Å². The fraction of sp³-hybridized carbons (Fsp3) is 0.176. The number of likely N-dealkylation sites (N-methyl/N-ethyl adjacent to an activating group) is 1. The zero-order valence-corrected chi connectivity index (χ0v) is 12.3. The Morgan fingerprint density at radius 2 is 1.85 bits per heavy atom. The Labute approximate surface area is 124 Å². The number of halogens is 1. The smallest absolute Gasteiger partial charge is 0.135 e. The molecule has 3 heteroatoms. The molecule has 0 saturated carbocycles. The van der Waals surface area contributed by atoms with E-state index in [9.17, 15) is 0 Å². The van der Waals surface area contributed by atoms with Gasteiger partial charge in [-0.25, -0.2) is 0 Å². The van der Waals surface area contributed by atoms with Gasteiger partial charge in [-0.05, 0) is 50.0 Å². The minimum atomic E-state index is 0.721. The number of fused-ring (bicyclic) bond motifs is 2. The van der Waals surface area contributed by atoms with Crippen LogP contribution in [0.2, 0.25) is 5.02 Å². The summed E-state index contributed by atoms with van der Waals surface area (Å²) >= 11 is 6.10. The van der Waals surface area contributed by atoms with Gasteiger partial charge in [-0.15, -0.1) is 0 Å². The summed E-state index contributed by atoms with van der Waals surface area (Å²) in [5, 5.41) is 0.721. The molecule has 1 heterocycles. The highest BCUT2D eigenvalue weighted by molar-refractivity contribution is 6.30. The summed E-state index contributed by atoms with van der Waals surface area (Å²) in [6, 6.07) is 13.8. The number of rotatable bonds is 2. The standard InChI is InChI=1S/C17H16ClNO/c1-19(2)11-13-9-12-10-14(18)7-8-16(12)20-17-6-4-3-5-15(13)17/h3-10H,11H2,1-2H3. The van der Waals surface area contributed by atoms with Gasteiger partial charge in [-0.2, -0.15) is 0 Å². The zero-order chi connectivity index (χ0) is 14.1. The summed E-state index contributed by atoms with van der Waals surface area (Å²) in [4.78, 5) is 2.15. The van der Waals surface area contributed by atoms with Gasteiger partial charge >= 0.3 is 0 Å². The Morgan fingerprint density at radius 1 is 1.05 bits per heavy atom. The van der Waals surface area contributed by atoms with Gasteiger partial charge < -0.3 is 9.64 Å². The molecule has 1 aliphatic rings. The van der Waals surface area contributed by atoms with Crippen molar-refractivity contribution in [3.63, 3.8) is 0 Å². The van der Waals surface area contributed by atoms with E-state index in [4.69, 9.17) is 16.3 Å². The van der Waals surface area contributed by atoms with E-state index in [0.29, 0.717) is 0 Å². The average Bonchev–Trinajstić information content (AvgIpc) is 2.55. The first kappa shape index (κ1) is 13.2.